The minimum absolute atomic E-state index is 0.286. The standard InChI is InChI=1S/C11H12F8O3/c1-3-6(2)7(21)22-5-9(14,15)11(18,19)10(16,17)8(12,13)4-20/h3,20H,4-5H2,1-2H3. The highest BCUT2D eigenvalue weighted by molar-refractivity contribution is 5.87. The Morgan fingerprint density at radius 2 is 1.41 bits per heavy atom. The minimum Gasteiger partial charge on any atom is -0.456 e. The molecule has 0 fully saturated rings. The highest BCUT2D eigenvalue weighted by atomic mass is 19.4. The average molecular weight is 344 g/mol. The number of esters is 1. The van der Waals surface area contributed by atoms with Gasteiger partial charge in [0, 0.05) is 5.57 Å². The van der Waals surface area contributed by atoms with Crippen LogP contribution < -0.4 is 0 Å². The number of allylic oxidation sites excluding steroid dienone is 1. The predicted molar refractivity (Wildman–Crippen MR) is 57.3 cm³/mol. The molecule has 0 aliphatic heterocycles. The second kappa shape index (κ2) is 6.39. The molecule has 0 amide bonds. The van der Waals surface area contributed by atoms with Gasteiger partial charge in [-0.2, -0.15) is 35.1 Å². The normalized spacial score (nSPS) is 15.0. The van der Waals surface area contributed by atoms with Gasteiger partial charge < -0.3 is 9.84 Å². The van der Waals surface area contributed by atoms with Gasteiger partial charge in [-0.25, -0.2) is 4.79 Å². The van der Waals surface area contributed by atoms with Gasteiger partial charge in [0.2, 0.25) is 0 Å². The average Bonchev–Trinajstić information content (AvgIpc) is 2.43. The maximum atomic E-state index is 13.1. The molecule has 130 valence electrons. The molecule has 11 heteroatoms. The van der Waals surface area contributed by atoms with Crippen molar-refractivity contribution in [2.75, 3.05) is 13.2 Å². The molecule has 0 spiro atoms. The van der Waals surface area contributed by atoms with Gasteiger partial charge in [-0.15, -0.1) is 0 Å². The van der Waals surface area contributed by atoms with Gasteiger partial charge in [0.15, 0.2) is 6.61 Å². The number of carbonyl (C=O) groups is 1. The highest BCUT2D eigenvalue weighted by Crippen LogP contribution is 2.52. The van der Waals surface area contributed by atoms with E-state index in [4.69, 9.17) is 5.11 Å². The Labute approximate surface area is 119 Å². The largest absolute Gasteiger partial charge is 0.456 e. The van der Waals surface area contributed by atoms with E-state index in [1.54, 1.807) is 0 Å². The smallest absolute Gasteiger partial charge is 0.381 e. The van der Waals surface area contributed by atoms with Crippen LogP contribution >= 0.6 is 0 Å². The Kier molecular flexibility index (Phi) is 5.98. The van der Waals surface area contributed by atoms with Gasteiger partial charge in [-0.1, -0.05) is 6.08 Å². The van der Waals surface area contributed by atoms with E-state index in [1.807, 2.05) is 0 Å². The number of hydrogen-bond acceptors (Lipinski definition) is 3. The van der Waals surface area contributed by atoms with Crippen LogP contribution in [0.5, 0.6) is 0 Å². The summed E-state index contributed by atoms with van der Waals surface area (Å²) in [5.74, 6) is -26.2. The Morgan fingerprint density at radius 1 is 1.00 bits per heavy atom. The molecule has 0 atom stereocenters. The van der Waals surface area contributed by atoms with Crippen molar-refractivity contribution in [3.63, 3.8) is 0 Å². The van der Waals surface area contributed by atoms with Crippen LogP contribution in [-0.2, 0) is 9.53 Å². The van der Waals surface area contributed by atoms with Gasteiger partial charge in [0.05, 0.1) is 0 Å². The lowest BCUT2D eigenvalue weighted by Crippen LogP contribution is -2.64. The van der Waals surface area contributed by atoms with Gasteiger partial charge in [0.1, 0.15) is 6.61 Å². The SMILES string of the molecule is CC=C(C)C(=O)OCC(F)(F)C(F)(F)C(F)(F)C(F)(F)CO. The van der Waals surface area contributed by atoms with Crippen molar-refractivity contribution in [1.29, 1.82) is 0 Å². The summed E-state index contributed by atoms with van der Waals surface area (Å²) in [7, 11) is 0. The first kappa shape index (κ1) is 20.6. The lowest BCUT2D eigenvalue weighted by Gasteiger charge is -2.35. The fraction of sp³-hybridized carbons (Fsp3) is 0.727. The number of aliphatic hydroxyl groups excluding tert-OH is 1. The summed E-state index contributed by atoms with van der Waals surface area (Å²) < 4.78 is 107. The van der Waals surface area contributed by atoms with Crippen LogP contribution in [0, 0.1) is 0 Å². The van der Waals surface area contributed by atoms with Crippen LogP contribution in [0.25, 0.3) is 0 Å². The molecule has 0 saturated heterocycles. The zero-order valence-electron chi connectivity index (χ0n) is 11.3. The molecule has 3 nitrogen and oxygen atoms in total. The van der Waals surface area contributed by atoms with E-state index >= 15 is 0 Å². The molecule has 0 aliphatic rings. The van der Waals surface area contributed by atoms with Crippen molar-refractivity contribution in [1.82, 2.24) is 0 Å². The Bertz CT molecular complexity index is 445. The second-order valence-electron chi connectivity index (χ2n) is 4.26. The van der Waals surface area contributed by atoms with Crippen molar-refractivity contribution in [3.05, 3.63) is 11.6 Å². The monoisotopic (exact) mass is 344 g/mol. The summed E-state index contributed by atoms with van der Waals surface area (Å²) >= 11 is 0. The van der Waals surface area contributed by atoms with Crippen LogP contribution in [0.3, 0.4) is 0 Å². The van der Waals surface area contributed by atoms with Crippen LogP contribution in [0.4, 0.5) is 35.1 Å². The zero-order chi connectivity index (χ0) is 18.0. The van der Waals surface area contributed by atoms with Crippen molar-refractivity contribution in [2.45, 2.75) is 37.5 Å². The van der Waals surface area contributed by atoms with Crippen molar-refractivity contribution >= 4 is 5.97 Å². The third-order valence-corrected chi connectivity index (χ3v) is 2.65. The third kappa shape index (κ3) is 3.50. The highest BCUT2D eigenvalue weighted by Gasteiger charge is 2.80. The quantitative estimate of drug-likeness (QED) is 0.439. The molecule has 0 aromatic heterocycles. The fourth-order valence-corrected chi connectivity index (χ4v) is 1.04. The van der Waals surface area contributed by atoms with Crippen molar-refractivity contribution in [3.8, 4) is 0 Å². The Morgan fingerprint density at radius 3 is 1.77 bits per heavy atom. The van der Waals surface area contributed by atoms with E-state index in [0.717, 1.165) is 13.0 Å². The number of halogens is 8. The van der Waals surface area contributed by atoms with E-state index in [2.05, 4.69) is 4.74 Å². The molecular weight excluding hydrogens is 332 g/mol. The first-order valence-electron chi connectivity index (χ1n) is 5.60. The van der Waals surface area contributed by atoms with E-state index < -0.39 is 42.9 Å². The molecule has 0 radical (unpaired) electrons. The van der Waals surface area contributed by atoms with Crippen LogP contribution in [0.1, 0.15) is 13.8 Å². The van der Waals surface area contributed by atoms with E-state index in [9.17, 15) is 39.9 Å². The number of alkyl halides is 8. The summed E-state index contributed by atoms with van der Waals surface area (Å²) in [6.07, 6.45) is 1.06. The Hall–Kier alpha value is -1.39. The second-order valence-corrected chi connectivity index (χ2v) is 4.26. The molecule has 22 heavy (non-hydrogen) atoms. The molecule has 0 bridgehead atoms. The number of rotatable bonds is 7. The van der Waals surface area contributed by atoms with Crippen LogP contribution in [-0.4, -0.2) is 48.0 Å². The number of ether oxygens (including phenoxy) is 1. The summed E-state index contributed by atoms with van der Waals surface area (Å²) in [4.78, 5) is 11.0. The topological polar surface area (TPSA) is 46.5 Å². The zero-order valence-corrected chi connectivity index (χ0v) is 11.3. The summed E-state index contributed by atoms with van der Waals surface area (Å²) in [5.41, 5.74) is -0.286. The number of hydrogen-bond donors (Lipinski definition) is 1. The molecule has 0 rings (SSSR count). The van der Waals surface area contributed by atoms with Crippen LogP contribution in [0.2, 0.25) is 0 Å². The maximum Gasteiger partial charge on any atom is 0.381 e. The number of aliphatic hydroxyl groups is 1. The molecule has 0 saturated carbocycles. The summed E-state index contributed by atoms with van der Waals surface area (Å²) in [6, 6.07) is 0. The Balaban J connectivity index is 5.37. The molecule has 0 aromatic carbocycles. The van der Waals surface area contributed by atoms with Crippen molar-refractivity contribution < 1.29 is 49.8 Å². The summed E-state index contributed by atoms with van der Waals surface area (Å²) in [6.45, 7) is -2.98. The molecule has 0 aliphatic carbocycles. The number of carbonyl (C=O) groups excluding carboxylic acids is 1. The van der Waals surface area contributed by atoms with E-state index in [1.165, 1.54) is 6.92 Å². The lowest BCUT2D eigenvalue weighted by molar-refractivity contribution is -0.374. The van der Waals surface area contributed by atoms with E-state index in [0.29, 0.717) is 0 Å². The fourth-order valence-electron chi connectivity index (χ4n) is 1.04. The molecule has 1 N–H and O–H groups in total. The van der Waals surface area contributed by atoms with E-state index in [-0.39, 0.29) is 5.57 Å². The van der Waals surface area contributed by atoms with Gasteiger partial charge in [-0.05, 0) is 13.8 Å². The summed E-state index contributed by atoms with van der Waals surface area (Å²) in [5, 5.41) is 7.98. The molecule has 0 heterocycles. The van der Waals surface area contributed by atoms with Gasteiger partial charge >= 0.3 is 29.7 Å². The molecule has 0 unspecified atom stereocenters. The van der Waals surface area contributed by atoms with Crippen molar-refractivity contribution in [2.24, 2.45) is 0 Å². The lowest BCUT2D eigenvalue weighted by atomic mass is 9.99. The minimum atomic E-state index is -6.57. The first-order valence-corrected chi connectivity index (χ1v) is 5.60. The van der Waals surface area contributed by atoms with Gasteiger partial charge in [-0.3, -0.25) is 0 Å². The molecular formula is C11H12F8O3. The molecule has 0 aromatic rings. The van der Waals surface area contributed by atoms with Crippen LogP contribution in [0.15, 0.2) is 11.6 Å². The first-order chi connectivity index (χ1) is 9.68. The maximum absolute atomic E-state index is 13.1. The predicted octanol–water partition coefficient (Wildman–Crippen LogP) is 3.03. The third-order valence-electron chi connectivity index (χ3n) is 2.65. The van der Waals surface area contributed by atoms with Gasteiger partial charge in [0.25, 0.3) is 0 Å².